The largest absolute Gasteiger partial charge is 0.362 e. The van der Waals surface area contributed by atoms with Crippen LogP contribution in [0, 0.1) is 5.82 Å². The van der Waals surface area contributed by atoms with Gasteiger partial charge in [-0.25, -0.2) is 12.8 Å². The van der Waals surface area contributed by atoms with Crippen molar-refractivity contribution in [2.24, 2.45) is 0 Å². The Hall–Kier alpha value is -2.23. The Kier molecular flexibility index (Phi) is 7.52. The summed E-state index contributed by atoms with van der Waals surface area (Å²) < 4.78 is 41.0. The lowest BCUT2D eigenvalue weighted by molar-refractivity contribution is -0.858. The second-order valence-electron chi connectivity index (χ2n) is 6.30. The van der Waals surface area contributed by atoms with Crippen LogP contribution in [0.15, 0.2) is 53.4 Å². The van der Waals surface area contributed by atoms with Gasteiger partial charge in [-0.2, -0.15) is 0 Å². The summed E-state index contributed by atoms with van der Waals surface area (Å²) in [7, 11) is 0.241. The summed E-state index contributed by atoms with van der Waals surface area (Å²) in [5.74, 6) is -0.639. The van der Waals surface area contributed by atoms with E-state index in [2.05, 4.69) is 29.5 Å². The molecule has 0 heterocycles. The van der Waals surface area contributed by atoms with Gasteiger partial charge in [-0.1, -0.05) is 18.2 Å². The number of rotatable bonds is 8. The van der Waals surface area contributed by atoms with Crippen molar-refractivity contribution in [1.82, 2.24) is 5.32 Å². The predicted molar refractivity (Wildman–Crippen MR) is 110 cm³/mol. The van der Waals surface area contributed by atoms with Crippen LogP contribution in [0.3, 0.4) is 0 Å². The summed E-state index contributed by atoms with van der Waals surface area (Å²) in [4.78, 5) is 1.37. The van der Waals surface area contributed by atoms with Crippen molar-refractivity contribution in [2.45, 2.75) is 11.3 Å². The van der Waals surface area contributed by atoms with Crippen molar-refractivity contribution >= 4 is 38.7 Å². The lowest BCUT2D eigenvalue weighted by atomic mass is 10.3. The summed E-state index contributed by atoms with van der Waals surface area (Å²) in [5, 5.41) is 6.47. The van der Waals surface area contributed by atoms with E-state index in [1.54, 1.807) is 18.2 Å². The van der Waals surface area contributed by atoms with Gasteiger partial charge in [0.2, 0.25) is 0 Å². The third-order valence-electron chi connectivity index (χ3n) is 3.66. The third-order valence-corrected chi connectivity index (χ3v) is 5.27. The Labute approximate surface area is 164 Å². The van der Waals surface area contributed by atoms with Gasteiger partial charge in [-0.05, 0) is 42.5 Å². The zero-order valence-electron chi connectivity index (χ0n) is 15.3. The highest BCUT2D eigenvalue weighted by atomic mass is 32.2. The molecular weight excluding hydrogens is 387 g/mol. The quantitative estimate of drug-likeness (QED) is 0.391. The van der Waals surface area contributed by atoms with E-state index >= 15 is 0 Å². The molecule has 0 aliphatic heterocycles. The molecule has 0 amide bonds. The maximum Gasteiger partial charge on any atom is 0.262 e. The molecule has 0 aliphatic carbocycles. The van der Waals surface area contributed by atoms with Crippen molar-refractivity contribution in [1.29, 1.82) is 0 Å². The van der Waals surface area contributed by atoms with Crippen LogP contribution in [0.2, 0.25) is 0 Å². The van der Waals surface area contributed by atoms with Crippen molar-refractivity contribution in [3.8, 4) is 0 Å². The van der Waals surface area contributed by atoms with Gasteiger partial charge >= 0.3 is 0 Å². The smallest absolute Gasteiger partial charge is 0.262 e. The predicted octanol–water partition coefficient (Wildman–Crippen LogP) is 1.45. The topological polar surface area (TPSA) is 74.7 Å². The number of hydrogen-bond acceptors (Lipinski definition) is 3. The average Bonchev–Trinajstić information content (AvgIpc) is 2.61. The summed E-state index contributed by atoms with van der Waals surface area (Å²) in [5.41, 5.74) is 0.429. The number of thiocarbonyl (C=S) groups is 1. The summed E-state index contributed by atoms with van der Waals surface area (Å²) >= 11 is 5.23. The molecule has 2 aromatic rings. The van der Waals surface area contributed by atoms with Crippen LogP contribution >= 0.6 is 12.2 Å². The Morgan fingerprint density at radius 3 is 2.59 bits per heavy atom. The highest BCUT2D eigenvalue weighted by molar-refractivity contribution is 7.92. The SMILES string of the molecule is C[NH+](C)CCCNC(=S)Nc1cccc(S(=O)(=O)Nc2ccccc2F)c1. The first-order valence-electron chi connectivity index (χ1n) is 8.49. The van der Waals surface area contributed by atoms with Crippen LogP contribution in [0.5, 0.6) is 0 Å². The molecule has 0 aliphatic rings. The molecule has 4 N–H and O–H groups in total. The molecule has 0 spiro atoms. The van der Waals surface area contributed by atoms with Crippen LogP contribution in [0.4, 0.5) is 15.8 Å². The van der Waals surface area contributed by atoms with Gasteiger partial charge in [0.05, 0.1) is 31.2 Å². The molecule has 27 heavy (non-hydrogen) atoms. The van der Waals surface area contributed by atoms with E-state index in [0.29, 0.717) is 10.8 Å². The molecule has 0 fully saturated rings. The highest BCUT2D eigenvalue weighted by Gasteiger charge is 2.16. The minimum atomic E-state index is -3.92. The van der Waals surface area contributed by atoms with Gasteiger partial charge in [-0.3, -0.25) is 4.72 Å². The van der Waals surface area contributed by atoms with Crippen LogP contribution in [-0.2, 0) is 10.0 Å². The number of para-hydroxylation sites is 1. The molecule has 6 nitrogen and oxygen atoms in total. The van der Waals surface area contributed by atoms with Crippen molar-refractivity contribution in [3.05, 3.63) is 54.3 Å². The normalized spacial score (nSPS) is 11.3. The molecule has 0 saturated heterocycles. The molecule has 0 unspecified atom stereocenters. The van der Waals surface area contributed by atoms with Gasteiger partial charge in [0, 0.05) is 18.7 Å². The van der Waals surface area contributed by atoms with Crippen LogP contribution in [-0.4, -0.2) is 40.7 Å². The van der Waals surface area contributed by atoms with Crippen molar-refractivity contribution in [2.75, 3.05) is 37.2 Å². The Bertz CT molecular complexity index is 888. The molecule has 0 atom stereocenters. The zero-order valence-corrected chi connectivity index (χ0v) is 16.9. The summed E-state index contributed by atoms with van der Waals surface area (Å²) in [6.45, 7) is 1.74. The summed E-state index contributed by atoms with van der Waals surface area (Å²) in [6.07, 6.45) is 0.963. The fraction of sp³-hybridized carbons (Fsp3) is 0.278. The number of nitrogens with one attached hydrogen (secondary N) is 4. The highest BCUT2D eigenvalue weighted by Crippen LogP contribution is 2.21. The van der Waals surface area contributed by atoms with Gasteiger partial charge in [0.25, 0.3) is 10.0 Å². The second-order valence-corrected chi connectivity index (χ2v) is 8.40. The maximum absolute atomic E-state index is 13.7. The van der Waals surface area contributed by atoms with E-state index in [1.165, 1.54) is 35.2 Å². The Morgan fingerprint density at radius 2 is 1.89 bits per heavy atom. The molecule has 2 rings (SSSR count). The van der Waals surface area contributed by atoms with Gasteiger partial charge in [0.1, 0.15) is 5.82 Å². The molecular formula is C18H24FN4O2S2+. The third kappa shape index (κ3) is 6.78. The van der Waals surface area contributed by atoms with E-state index < -0.39 is 15.8 Å². The number of hydrogen-bond donors (Lipinski definition) is 4. The van der Waals surface area contributed by atoms with E-state index in [4.69, 9.17) is 12.2 Å². The zero-order chi connectivity index (χ0) is 19.9. The monoisotopic (exact) mass is 411 g/mol. The maximum atomic E-state index is 13.7. The molecule has 2 aromatic carbocycles. The standard InChI is InChI=1S/C18H23FN4O2S2/c1-23(2)12-6-11-20-18(26)21-14-7-5-8-15(13-14)27(24,25)22-17-10-4-3-9-16(17)19/h3-5,7-10,13,22H,6,11-12H2,1-2H3,(H2,20,21,26)/p+1. The van der Waals surface area contributed by atoms with Crippen molar-refractivity contribution in [3.63, 3.8) is 0 Å². The van der Waals surface area contributed by atoms with E-state index in [-0.39, 0.29) is 10.6 Å². The number of halogens is 1. The fourth-order valence-electron chi connectivity index (χ4n) is 2.31. The van der Waals surface area contributed by atoms with E-state index in [9.17, 15) is 12.8 Å². The lowest BCUT2D eigenvalue weighted by Gasteiger charge is -2.13. The average molecular weight is 412 g/mol. The number of benzene rings is 2. The van der Waals surface area contributed by atoms with Crippen LogP contribution < -0.4 is 20.3 Å². The summed E-state index contributed by atoms with van der Waals surface area (Å²) in [6, 6.07) is 11.8. The first-order valence-corrected chi connectivity index (χ1v) is 10.4. The minimum absolute atomic E-state index is 0.00904. The number of sulfonamides is 1. The van der Waals surface area contributed by atoms with Crippen LogP contribution in [0.1, 0.15) is 6.42 Å². The molecule has 0 saturated carbocycles. The number of quaternary nitrogens is 1. The molecule has 9 heteroatoms. The Morgan fingerprint density at radius 1 is 1.15 bits per heavy atom. The first-order chi connectivity index (χ1) is 12.8. The van der Waals surface area contributed by atoms with Gasteiger partial charge in [-0.15, -0.1) is 0 Å². The number of anilines is 2. The molecule has 0 bridgehead atoms. The molecule has 146 valence electrons. The van der Waals surface area contributed by atoms with E-state index in [1.807, 2.05) is 0 Å². The van der Waals surface area contributed by atoms with Crippen molar-refractivity contribution < 1.29 is 17.7 Å². The van der Waals surface area contributed by atoms with E-state index in [0.717, 1.165) is 19.5 Å². The van der Waals surface area contributed by atoms with Gasteiger partial charge < -0.3 is 15.5 Å². The van der Waals surface area contributed by atoms with Crippen LogP contribution in [0.25, 0.3) is 0 Å². The first kappa shape index (κ1) is 21.1. The molecule has 0 aromatic heterocycles. The fourth-order valence-corrected chi connectivity index (χ4v) is 3.64. The lowest BCUT2D eigenvalue weighted by Crippen LogP contribution is -3.05. The molecule has 0 radical (unpaired) electrons. The Balaban J connectivity index is 2.01. The van der Waals surface area contributed by atoms with Gasteiger partial charge in [0.15, 0.2) is 5.11 Å². The second kappa shape index (κ2) is 9.63. The minimum Gasteiger partial charge on any atom is -0.362 e.